The van der Waals surface area contributed by atoms with Crippen molar-refractivity contribution in [2.75, 3.05) is 4.90 Å². The van der Waals surface area contributed by atoms with Gasteiger partial charge in [0.05, 0.1) is 5.69 Å². The number of hydrogen-bond acceptors (Lipinski definition) is 5. The van der Waals surface area contributed by atoms with Crippen molar-refractivity contribution in [2.45, 2.75) is 13.2 Å². The summed E-state index contributed by atoms with van der Waals surface area (Å²) in [5.41, 5.74) is 2.45. The number of para-hydroxylation sites is 1. The molecule has 5 aromatic carbocycles. The maximum atomic E-state index is 13.5. The first-order chi connectivity index (χ1) is 21.0. The molecule has 1 heterocycles. The number of urea groups is 1. The summed E-state index contributed by atoms with van der Waals surface area (Å²) in [6, 6.07) is 34.1. The highest BCUT2D eigenvalue weighted by Gasteiger charge is 2.37. The van der Waals surface area contributed by atoms with Crippen LogP contribution in [0, 0.1) is 0 Å². The number of rotatable bonds is 8. The van der Waals surface area contributed by atoms with E-state index in [-0.39, 0.29) is 24.5 Å². The van der Waals surface area contributed by atoms with E-state index in [4.69, 9.17) is 21.1 Å². The Hall–Kier alpha value is -5.40. The van der Waals surface area contributed by atoms with Crippen molar-refractivity contribution in [3.8, 4) is 11.5 Å². The summed E-state index contributed by atoms with van der Waals surface area (Å²) in [5.74, 6) is -0.512. The molecule has 1 aliphatic rings. The molecule has 0 aliphatic carbocycles. The molecule has 1 aliphatic heterocycles. The quantitative estimate of drug-likeness (QED) is 0.152. The molecular formula is C35H25ClN2O5. The summed E-state index contributed by atoms with van der Waals surface area (Å²) in [6.45, 7) is 0.544. The highest BCUT2D eigenvalue weighted by Crippen LogP contribution is 2.28. The van der Waals surface area contributed by atoms with E-state index in [1.165, 1.54) is 6.08 Å². The van der Waals surface area contributed by atoms with E-state index in [0.29, 0.717) is 22.1 Å². The van der Waals surface area contributed by atoms with E-state index >= 15 is 0 Å². The predicted octanol–water partition coefficient (Wildman–Crippen LogP) is 7.32. The van der Waals surface area contributed by atoms with Gasteiger partial charge in [0.15, 0.2) is 0 Å². The lowest BCUT2D eigenvalue weighted by Gasteiger charge is -2.26. The third-order valence-electron chi connectivity index (χ3n) is 7.03. The number of imide groups is 2. The monoisotopic (exact) mass is 588 g/mol. The topological polar surface area (TPSA) is 84.9 Å². The zero-order chi connectivity index (χ0) is 29.8. The molecule has 0 aromatic heterocycles. The zero-order valence-corrected chi connectivity index (χ0v) is 23.6. The van der Waals surface area contributed by atoms with Crippen molar-refractivity contribution in [1.29, 1.82) is 0 Å². The van der Waals surface area contributed by atoms with Crippen molar-refractivity contribution >= 4 is 52.0 Å². The zero-order valence-electron chi connectivity index (χ0n) is 22.8. The first-order valence-electron chi connectivity index (χ1n) is 13.5. The fraction of sp³-hybridized carbons (Fsp3) is 0.0571. The van der Waals surface area contributed by atoms with Crippen LogP contribution in [-0.2, 0) is 22.8 Å². The molecule has 0 bridgehead atoms. The maximum Gasteiger partial charge on any atom is 0.335 e. The Morgan fingerprint density at radius 1 is 0.698 bits per heavy atom. The summed E-state index contributed by atoms with van der Waals surface area (Å²) in [5, 5.41) is 5.05. The molecule has 1 N–H and O–H groups in total. The van der Waals surface area contributed by atoms with Gasteiger partial charge in [-0.05, 0) is 58.8 Å². The molecule has 0 unspecified atom stereocenters. The predicted molar refractivity (Wildman–Crippen MR) is 166 cm³/mol. The van der Waals surface area contributed by atoms with Crippen LogP contribution in [0.2, 0.25) is 5.02 Å². The minimum Gasteiger partial charge on any atom is -0.489 e. The van der Waals surface area contributed by atoms with Gasteiger partial charge in [-0.3, -0.25) is 14.9 Å². The molecule has 1 fully saturated rings. The van der Waals surface area contributed by atoms with Crippen molar-refractivity contribution in [2.24, 2.45) is 0 Å². The number of fused-ring (bicyclic) bond motifs is 1. The third-order valence-corrected chi connectivity index (χ3v) is 7.40. The second-order valence-electron chi connectivity index (χ2n) is 9.80. The van der Waals surface area contributed by atoms with Crippen molar-refractivity contribution in [3.63, 3.8) is 0 Å². The van der Waals surface area contributed by atoms with E-state index < -0.39 is 17.8 Å². The average molecular weight is 589 g/mol. The van der Waals surface area contributed by atoms with Crippen molar-refractivity contribution < 1.29 is 23.9 Å². The number of ether oxygens (including phenoxy) is 2. The Morgan fingerprint density at radius 3 is 2.21 bits per heavy atom. The molecule has 1 saturated heterocycles. The number of barbiturate groups is 1. The van der Waals surface area contributed by atoms with Crippen LogP contribution in [0.15, 0.2) is 121 Å². The van der Waals surface area contributed by atoms with E-state index in [2.05, 4.69) is 5.32 Å². The molecule has 6 rings (SSSR count). The molecule has 0 atom stereocenters. The molecule has 7 nitrogen and oxygen atoms in total. The smallest absolute Gasteiger partial charge is 0.335 e. The van der Waals surface area contributed by atoms with E-state index in [9.17, 15) is 14.4 Å². The number of carbonyl (C=O) groups excluding carboxylic acids is 3. The van der Waals surface area contributed by atoms with E-state index in [0.717, 1.165) is 26.8 Å². The van der Waals surface area contributed by atoms with Crippen LogP contribution in [0.1, 0.15) is 16.7 Å². The number of nitrogens with zero attached hydrogens (tertiary/aromatic N) is 1. The lowest BCUT2D eigenvalue weighted by atomic mass is 10.0. The van der Waals surface area contributed by atoms with E-state index in [1.54, 1.807) is 48.5 Å². The van der Waals surface area contributed by atoms with Crippen LogP contribution >= 0.6 is 11.6 Å². The Kier molecular flexibility index (Phi) is 7.89. The Bertz CT molecular complexity index is 1880. The maximum absolute atomic E-state index is 13.5. The molecule has 212 valence electrons. The standard InChI is InChI=1S/C35H25ClN2O5/c36-31-14-5-2-10-26(31)22-42-28-18-16-27(17-19-28)38-34(40)30(33(39)37-35(38)41)20-24-9-3-6-15-32(24)43-21-25-12-7-11-23-8-1-4-13-29(23)25/h1-20H,21-22H2,(H,37,39,41)/b30-20+. The molecule has 0 saturated carbocycles. The average Bonchev–Trinajstić information content (AvgIpc) is 3.02. The van der Waals surface area contributed by atoms with Crippen LogP contribution in [0.3, 0.4) is 0 Å². The third kappa shape index (κ3) is 5.98. The fourth-order valence-electron chi connectivity index (χ4n) is 4.82. The highest BCUT2D eigenvalue weighted by molar-refractivity contribution is 6.39. The Morgan fingerprint density at radius 2 is 1.37 bits per heavy atom. The molecule has 0 spiro atoms. The first-order valence-corrected chi connectivity index (χ1v) is 13.9. The number of nitrogens with one attached hydrogen (secondary N) is 1. The van der Waals surface area contributed by atoms with Gasteiger partial charge in [-0.1, -0.05) is 90.5 Å². The summed E-state index contributed by atoms with van der Waals surface area (Å²) in [7, 11) is 0. The van der Waals surface area contributed by atoms with Gasteiger partial charge in [0, 0.05) is 16.1 Å². The van der Waals surface area contributed by atoms with E-state index in [1.807, 2.05) is 66.7 Å². The SMILES string of the molecule is O=C1NC(=O)N(c2ccc(OCc3ccccc3Cl)cc2)C(=O)/C1=C/c1ccccc1OCc1cccc2ccccc12. The summed E-state index contributed by atoms with van der Waals surface area (Å²) in [6.07, 6.45) is 1.44. The second-order valence-corrected chi connectivity index (χ2v) is 10.2. The molecule has 0 radical (unpaired) electrons. The van der Waals surface area contributed by atoms with Gasteiger partial charge in [-0.2, -0.15) is 0 Å². The number of anilines is 1. The van der Waals surface area contributed by atoms with Crippen molar-refractivity contribution in [1.82, 2.24) is 5.32 Å². The summed E-state index contributed by atoms with van der Waals surface area (Å²) < 4.78 is 12.0. The lowest BCUT2D eigenvalue weighted by Crippen LogP contribution is -2.54. The van der Waals surface area contributed by atoms with Crippen LogP contribution in [0.4, 0.5) is 10.5 Å². The fourth-order valence-corrected chi connectivity index (χ4v) is 5.01. The minimum absolute atomic E-state index is 0.195. The van der Waals surface area contributed by atoms with Gasteiger partial charge in [0.2, 0.25) is 0 Å². The number of halogens is 1. The summed E-state index contributed by atoms with van der Waals surface area (Å²) in [4.78, 5) is 40.0. The van der Waals surface area contributed by atoms with Gasteiger partial charge >= 0.3 is 6.03 Å². The normalized spacial score (nSPS) is 14.2. The van der Waals surface area contributed by atoms with Crippen LogP contribution in [0.25, 0.3) is 16.8 Å². The number of hydrogen-bond donors (Lipinski definition) is 1. The number of amides is 4. The highest BCUT2D eigenvalue weighted by atomic mass is 35.5. The minimum atomic E-state index is -0.836. The molecule has 8 heteroatoms. The van der Waals surface area contributed by atoms with Gasteiger partial charge in [0.1, 0.15) is 30.3 Å². The molecule has 5 aromatic rings. The number of carbonyl (C=O) groups is 3. The van der Waals surface area contributed by atoms with Crippen molar-refractivity contribution in [3.05, 3.63) is 143 Å². The molecule has 43 heavy (non-hydrogen) atoms. The van der Waals surface area contributed by atoms with Gasteiger partial charge in [-0.15, -0.1) is 0 Å². The lowest BCUT2D eigenvalue weighted by molar-refractivity contribution is -0.122. The molecule has 4 amide bonds. The number of benzene rings is 5. The Labute approximate surface area is 252 Å². The largest absolute Gasteiger partial charge is 0.489 e. The van der Waals surface area contributed by atoms with Crippen LogP contribution in [-0.4, -0.2) is 17.8 Å². The van der Waals surface area contributed by atoms with Crippen LogP contribution < -0.4 is 19.7 Å². The van der Waals surface area contributed by atoms with Gasteiger partial charge < -0.3 is 9.47 Å². The Balaban J connectivity index is 1.21. The summed E-state index contributed by atoms with van der Waals surface area (Å²) >= 11 is 6.20. The molecular weight excluding hydrogens is 564 g/mol. The van der Waals surface area contributed by atoms with Crippen LogP contribution in [0.5, 0.6) is 11.5 Å². The van der Waals surface area contributed by atoms with Gasteiger partial charge in [0.25, 0.3) is 11.8 Å². The second kappa shape index (κ2) is 12.2. The first kappa shape index (κ1) is 27.8. The van der Waals surface area contributed by atoms with Gasteiger partial charge in [-0.25, -0.2) is 9.69 Å².